The smallest absolute Gasteiger partial charge is 0.326 e. The maximum atomic E-state index is 13.3. The molecule has 0 radical (unpaired) electrons. The molecule has 0 saturated heterocycles. The van der Waals surface area contributed by atoms with Crippen molar-refractivity contribution in [2.75, 3.05) is 11.4 Å². The van der Waals surface area contributed by atoms with Crippen LogP contribution in [0.5, 0.6) is 0 Å². The molecule has 4 heterocycles. The van der Waals surface area contributed by atoms with Crippen LogP contribution in [-0.2, 0) is 0 Å². The third kappa shape index (κ3) is 3.43. The number of aromatic nitrogens is 4. The molecule has 0 saturated carbocycles. The molecule has 8 nitrogen and oxygen atoms in total. The SMILES string of the molecule is O=C1NCC=CN1c1ccc(-c2nc3cccnc3c(=O)n2-c2ccc(Cl)cn2)cc1. The van der Waals surface area contributed by atoms with E-state index in [1.54, 1.807) is 60.9 Å². The van der Waals surface area contributed by atoms with E-state index in [0.717, 1.165) is 0 Å². The Bertz CT molecular complexity index is 1380. The number of anilines is 1. The average molecular weight is 431 g/mol. The Morgan fingerprint density at radius 3 is 2.58 bits per heavy atom. The van der Waals surface area contributed by atoms with Crippen molar-refractivity contribution in [2.24, 2.45) is 0 Å². The molecule has 0 bridgehead atoms. The van der Waals surface area contributed by atoms with Crippen molar-refractivity contribution in [3.8, 4) is 17.2 Å². The summed E-state index contributed by atoms with van der Waals surface area (Å²) < 4.78 is 1.41. The molecule has 0 aliphatic carbocycles. The number of hydrogen-bond donors (Lipinski definition) is 1. The zero-order valence-electron chi connectivity index (χ0n) is 16.1. The molecule has 4 aromatic rings. The number of rotatable bonds is 3. The van der Waals surface area contributed by atoms with Gasteiger partial charge in [-0.2, -0.15) is 0 Å². The van der Waals surface area contributed by atoms with Crippen LogP contribution in [0.25, 0.3) is 28.2 Å². The van der Waals surface area contributed by atoms with Crippen molar-refractivity contribution in [1.29, 1.82) is 0 Å². The zero-order valence-corrected chi connectivity index (χ0v) is 16.8. The van der Waals surface area contributed by atoms with Crippen molar-refractivity contribution in [3.63, 3.8) is 0 Å². The van der Waals surface area contributed by atoms with E-state index in [2.05, 4.69) is 20.3 Å². The fraction of sp³-hybridized carbons (Fsp3) is 0.0455. The second kappa shape index (κ2) is 7.66. The minimum absolute atomic E-state index is 0.201. The van der Waals surface area contributed by atoms with Gasteiger partial charge in [-0.15, -0.1) is 0 Å². The highest BCUT2D eigenvalue weighted by Gasteiger charge is 2.18. The average Bonchev–Trinajstić information content (AvgIpc) is 2.80. The zero-order chi connectivity index (χ0) is 21.4. The van der Waals surface area contributed by atoms with Crippen LogP contribution in [0.4, 0.5) is 10.5 Å². The number of carbonyl (C=O) groups is 1. The molecule has 1 N–H and O–H groups in total. The normalized spacial score (nSPS) is 13.5. The highest BCUT2D eigenvalue weighted by atomic mass is 35.5. The van der Waals surface area contributed by atoms with E-state index >= 15 is 0 Å². The lowest BCUT2D eigenvalue weighted by molar-refractivity contribution is 0.248. The van der Waals surface area contributed by atoms with Crippen molar-refractivity contribution in [2.45, 2.75) is 0 Å². The molecule has 9 heteroatoms. The lowest BCUT2D eigenvalue weighted by Crippen LogP contribution is -2.39. The van der Waals surface area contributed by atoms with Crippen molar-refractivity contribution >= 4 is 34.4 Å². The minimum Gasteiger partial charge on any atom is -0.334 e. The molecule has 1 aliphatic rings. The van der Waals surface area contributed by atoms with Gasteiger partial charge < -0.3 is 5.32 Å². The molecular weight excluding hydrogens is 416 g/mol. The van der Waals surface area contributed by atoms with Crippen LogP contribution in [0.1, 0.15) is 0 Å². The highest BCUT2D eigenvalue weighted by molar-refractivity contribution is 6.30. The molecular formula is C22H15ClN6O2. The molecule has 0 unspecified atom stereocenters. The van der Waals surface area contributed by atoms with Crippen molar-refractivity contribution in [3.05, 3.63) is 88.6 Å². The van der Waals surface area contributed by atoms with Gasteiger partial charge in [0.15, 0.2) is 5.52 Å². The van der Waals surface area contributed by atoms with E-state index in [1.165, 1.54) is 15.7 Å². The number of fused-ring (bicyclic) bond motifs is 1. The summed E-state index contributed by atoms with van der Waals surface area (Å²) in [6.07, 6.45) is 6.61. The van der Waals surface area contributed by atoms with Gasteiger partial charge in [0.1, 0.15) is 11.6 Å². The first-order valence-electron chi connectivity index (χ1n) is 9.46. The molecule has 0 spiro atoms. The first kappa shape index (κ1) is 19.0. The molecule has 3 aromatic heterocycles. The predicted molar refractivity (Wildman–Crippen MR) is 118 cm³/mol. The van der Waals surface area contributed by atoms with E-state index in [1.807, 2.05) is 6.08 Å². The standard InChI is InChI=1S/C22H15ClN6O2/c23-15-6-9-18(26-13-15)29-20(27-17-3-1-10-24-19(17)21(29)30)14-4-7-16(8-5-14)28-12-2-11-25-22(28)31/h1-10,12-13H,11H2,(H,25,31). The number of benzene rings is 1. The number of nitrogens with zero attached hydrogens (tertiary/aromatic N) is 5. The third-order valence-electron chi connectivity index (χ3n) is 4.82. The maximum absolute atomic E-state index is 13.3. The molecule has 152 valence electrons. The lowest BCUT2D eigenvalue weighted by atomic mass is 10.1. The predicted octanol–water partition coefficient (Wildman–Crippen LogP) is 3.54. The number of amides is 2. The van der Waals surface area contributed by atoms with Gasteiger partial charge in [0.25, 0.3) is 5.56 Å². The molecule has 5 rings (SSSR count). The third-order valence-corrected chi connectivity index (χ3v) is 5.04. The second-order valence-corrected chi connectivity index (χ2v) is 7.21. The van der Waals surface area contributed by atoms with Crippen LogP contribution < -0.4 is 15.8 Å². The summed E-state index contributed by atoms with van der Waals surface area (Å²) in [6.45, 7) is 0.503. The van der Waals surface area contributed by atoms with Gasteiger partial charge in [0.2, 0.25) is 0 Å². The molecule has 2 amide bonds. The van der Waals surface area contributed by atoms with Gasteiger partial charge in [-0.05, 0) is 54.6 Å². The highest BCUT2D eigenvalue weighted by Crippen LogP contribution is 2.25. The van der Waals surface area contributed by atoms with Crippen LogP contribution in [0, 0.1) is 0 Å². The Hall–Kier alpha value is -4.04. The van der Waals surface area contributed by atoms with E-state index < -0.39 is 0 Å². The molecule has 0 fully saturated rings. The Labute approximate surface area is 181 Å². The first-order valence-corrected chi connectivity index (χ1v) is 9.83. The monoisotopic (exact) mass is 430 g/mol. The number of hydrogen-bond acceptors (Lipinski definition) is 5. The topological polar surface area (TPSA) is 93.0 Å². The summed E-state index contributed by atoms with van der Waals surface area (Å²) in [4.78, 5) is 40.1. The number of pyridine rings is 2. The van der Waals surface area contributed by atoms with Gasteiger partial charge >= 0.3 is 6.03 Å². The summed E-state index contributed by atoms with van der Waals surface area (Å²) in [7, 11) is 0. The number of nitrogens with one attached hydrogen (secondary N) is 1. The number of urea groups is 1. The van der Waals surface area contributed by atoms with Gasteiger partial charge in [-0.3, -0.25) is 9.69 Å². The Balaban J connectivity index is 1.68. The Morgan fingerprint density at radius 1 is 1.00 bits per heavy atom. The first-order chi connectivity index (χ1) is 15.1. The van der Waals surface area contributed by atoms with Crippen LogP contribution >= 0.6 is 11.6 Å². The molecule has 1 aliphatic heterocycles. The van der Waals surface area contributed by atoms with E-state index in [-0.39, 0.29) is 17.1 Å². The van der Waals surface area contributed by atoms with Gasteiger partial charge in [0, 0.05) is 30.7 Å². The molecule has 1 aromatic carbocycles. The quantitative estimate of drug-likeness (QED) is 0.536. The van der Waals surface area contributed by atoms with Crippen LogP contribution in [-0.4, -0.2) is 32.1 Å². The maximum Gasteiger partial charge on any atom is 0.326 e. The summed E-state index contributed by atoms with van der Waals surface area (Å²) in [5.41, 5.74) is 1.77. The summed E-state index contributed by atoms with van der Waals surface area (Å²) >= 11 is 5.97. The number of carbonyl (C=O) groups excluding carboxylic acids is 1. The fourth-order valence-electron chi connectivity index (χ4n) is 3.36. The summed E-state index contributed by atoms with van der Waals surface area (Å²) in [5.74, 6) is 0.789. The van der Waals surface area contributed by atoms with E-state index in [9.17, 15) is 9.59 Å². The lowest BCUT2D eigenvalue weighted by Gasteiger charge is -2.22. The van der Waals surface area contributed by atoms with Crippen LogP contribution in [0.3, 0.4) is 0 Å². The Kier molecular flexibility index (Phi) is 4.68. The van der Waals surface area contributed by atoms with E-state index in [0.29, 0.717) is 40.0 Å². The second-order valence-electron chi connectivity index (χ2n) is 6.77. The Morgan fingerprint density at radius 2 is 1.84 bits per heavy atom. The van der Waals surface area contributed by atoms with Gasteiger partial charge in [-0.1, -0.05) is 11.6 Å². The van der Waals surface area contributed by atoms with Crippen molar-refractivity contribution < 1.29 is 4.79 Å². The van der Waals surface area contributed by atoms with E-state index in [4.69, 9.17) is 11.6 Å². The largest absolute Gasteiger partial charge is 0.334 e. The van der Waals surface area contributed by atoms with Gasteiger partial charge in [-0.25, -0.2) is 24.3 Å². The minimum atomic E-state index is -0.335. The fourth-order valence-corrected chi connectivity index (χ4v) is 3.47. The van der Waals surface area contributed by atoms with Crippen LogP contribution in [0.2, 0.25) is 5.02 Å². The summed E-state index contributed by atoms with van der Waals surface area (Å²) in [6, 6.07) is 13.8. The van der Waals surface area contributed by atoms with Gasteiger partial charge in [0.05, 0.1) is 16.2 Å². The van der Waals surface area contributed by atoms with Crippen LogP contribution in [0.15, 0.2) is 78.0 Å². The molecule has 31 heavy (non-hydrogen) atoms. The summed E-state index contributed by atoms with van der Waals surface area (Å²) in [5, 5.41) is 3.22. The molecule has 0 atom stereocenters. The van der Waals surface area contributed by atoms with Crippen molar-refractivity contribution in [1.82, 2.24) is 24.8 Å². The number of halogens is 1.